The van der Waals surface area contributed by atoms with E-state index in [0.717, 1.165) is 23.3 Å². The number of nitrogens with zero attached hydrogens (tertiary/aromatic N) is 1. The highest BCUT2D eigenvalue weighted by atomic mass is 16.5. The molecule has 1 aromatic carbocycles. The molecule has 2 rings (SSSR count). The van der Waals surface area contributed by atoms with Gasteiger partial charge in [0.2, 0.25) is 5.91 Å². The molecule has 4 nitrogen and oxygen atoms in total. The van der Waals surface area contributed by atoms with E-state index in [0.29, 0.717) is 13.0 Å². The number of ether oxygens (including phenoxy) is 1. The number of hydrogen-bond donors (Lipinski definition) is 1. The van der Waals surface area contributed by atoms with Gasteiger partial charge in [-0.3, -0.25) is 4.79 Å². The molecule has 0 saturated carbocycles. The minimum absolute atomic E-state index is 0.0664. The first-order valence-corrected chi connectivity index (χ1v) is 6.68. The molecule has 0 radical (unpaired) electrons. The molecule has 106 valence electrons. The van der Waals surface area contributed by atoms with Crippen LogP contribution in [0.4, 0.5) is 0 Å². The van der Waals surface area contributed by atoms with Crippen molar-refractivity contribution in [1.82, 2.24) is 9.88 Å². The minimum atomic E-state index is 0.0664. The van der Waals surface area contributed by atoms with Crippen LogP contribution in [0.15, 0.2) is 42.7 Å². The van der Waals surface area contributed by atoms with Gasteiger partial charge in [-0.15, -0.1) is 0 Å². The molecule has 0 aliphatic carbocycles. The number of amides is 1. The summed E-state index contributed by atoms with van der Waals surface area (Å²) in [5, 5.41) is 2.93. The summed E-state index contributed by atoms with van der Waals surface area (Å²) in [5.74, 6) is 0.892. The average Bonchev–Trinajstić information content (AvgIpc) is 2.89. The number of aromatic nitrogens is 1. The van der Waals surface area contributed by atoms with Crippen molar-refractivity contribution < 1.29 is 9.53 Å². The summed E-state index contributed by atoms with van der Waals surface area (Å²) >= 11 is 0. The standard InChI is InChI=1S/C16H20N2O2/c1-18-9-8-14(12-18)11-17-16(19)7-6-13-4-3-5-15(10-13)20-2/h3-5,8-10,12H,6-7,11H2,1-2H3,(H,17,19). The Bertz CT molecular complexity index is 575. The van der Waals surface area contributed by atoms with Crippen molar-refractivity contribution in [2.45, 2.75) is 19.4 Å². The summed E-state index contributed by atoms with van der Waals surface area (Å²) < 4.78 is 7.14. The Balaban J connectivity index is 1.77. The average molecular weight is 272 g/mol. The predicted molar refractivity (Wildman–Crippen MR) is 78.6 cm³/mol. The van der Waals surface area contributed by atoms with Crippen LogP contribution in [-0.4, -0.2) is 17.6 Å². The molecule has 0 spiro atoms. The van der Waals surface area contributed by atoms with Crippen LogP contribution in [0.25, 0.3) is 0 Å². The Morgan fingerprint density at radius 3 is 2.85 bits per heavy atom. The summed E-state index contributed by atoms with van der Waals surface area (Å²) in [6.07, 6.45) is 5.18. The molecule has 2 aromatic rings. The van der Waals surface area contributed by atoms with Gasteiger partial charge in [-0.2, -0.15) is 0 Å². The van der Waals surface area contributed by atoms with E-state index in [4.69, 9.17) is 4.74 Å². The summed E-state index contributed by atoms with van der Waals surface area (Å²) in [6.45, 7) is 0.581. The number of nitrogens with one attached hydrogen (secondary N) is 1. The van der Waals surface area contributed by atoms with Crippen LogP contribution < -0.4 is 10.1 Å². The van der Waals surface area contributed by atoms with Gasteiger partial charge in [-0.25, -0.2) is 0 Å². The molecule has 0 aliphatic rings. The molecular formula is C16H20N2O2. The van der Waals surface area contributed by atoms with Crippen LogP contribution in [0.5, 0.6) is 5.75 Å². The highest BCUT2D eigenvalue weighted by Crippen LogP contribution is 2.13. The van der Waals surface area contributed by atoms with Crippen molar-refractivity contribution in [3.05, 3.63) is 53.9 Å². The molecule has 1 aromatic heterocycles. The van der Waals surface area contributed by atoms with Crippen LogP contribution in [-0.2, 0) is 24.8 Å². The third kappa shape index (κ3) is 4.16. The molecule has 4 heteroatoms. The van der Waals surface area contributed by atoms with Crippen molar-refractivity contribution in [1.29, 1.82) is 0 Å². The molecule has 0 saturated heterocycles. The van der Waals surface area contributed by atoms with Crippen molar-refractivity contribution in [3.63, 3.8) is 0 Å². The van der Waals surface area contributed by atoms with Gasteiger partial charge in [0.25, 0.3) is 0 Å². The lowest BCUT2D eigenvalue weighted by atomic mass is 10.1. The molecule has 1 N–H and O–H groups in total. The molecule has 1 heterocycles. The lowest BCUT2D eigenvalue weighted by Gasteiger charge is -2.05. The Morgan fingerprint density at radius 2 is 2.15 bits per heavy atom. The quantitative estimate of drug-likeness (QED) is 0.876. The van der Waals surface area contributed by atoms with Crippen LogP contribution in [0, 0.1) is 0 Å². The Morgan fingerprint density at radius 1 is 1.30 bits per heavy atom. The van der Waals surface area contributed by atoms with Gasteiger partial charge in [-0.05, 0) is 35.7 Å². The maximum Gasteiger partial charge on any atom is 0.220 e. The number of carbonyl (C=O) groups is 1. The molecule has 1 amide bonds. The second kappa shape index (κ2) is 6.80. The fraction of sp³-hybridized carbons (Fsp3) is 0.312. The van der Waals surface area contributed by atoms with Crippen LogP contribution in [0.3, 0.4) is 0 Å². The summed E-state index contributed by atoms with van der Waals surface area (Å²) in [7, 11) is 3.61. The lowest BCUT2D eigenvalue weighted by Crippen LogP contribution is -2.22. The highest BCUT2D eigenvalue weighted by molar-refractivity contribution is 5.76. The van der Waals surface area contributed by atoms with E-state index in [9.17, 15) is 4.79 Å². The largest absolute Gasteiger partial charge is 0.497 e. The maximum atomic E-state index is 11.8. The van der Waals surface area contributed by atoms with Crippen LogP contribution in [0.2, 0.25) is 0 Å². The first-order chi connectivity index (χ1) is 9.67. The third-order valence-corrected chi connectivity index (χ3v) is 3.16. The van der Waals surface area contributed by atoms with Gasteiger partial charge in [0.05, 0.1) is 7.11 Å². The first kappa shape index (κ1) is 14.2. The van der Waals surface area contributed by atoms with E-state index in [1.807, 2.05) is 54.3 Å². The Hall–Kier alpha value is -2.23. The molecule has 0 bridgehead atoms. The van der Waals surface area contributed by atoms with E-state index in [1.54, 1.807) is 7.11 Å². The van der Waals surface area contributed by atoms with Gasteiger partial charge in [0, 0.05) is 32.4 Å². The van der Waals surface area contributed by atoms with Gasteiger partial charge in [0.15, 0.2) is 0 Å². The second-order valence-corrected chi connectivity index (χ2v) is 4.81. The molecule has 0 fully saturated rings. The summed E-state index contributed by atoms with van der Waals surface area (Å²) in [6, 6.07) is 9.81. The van der Waals surface area contributed by atoms with Crippen molar-refractivity contribution in [2.75, 3.05) is 7.11 Å². The fourth-order valence-corrected chi connectivity index (χ4v) is 2.04. The van der Waals surface area contributed by atoms with Gasteiger partial charge >= 0.3 is 0 Å². The van der Waals surface area contributed by atoms with Gasteiger partial charge < -0.3 is 14.6 Å². The van der Waals surface area contributed by atoms with E-state index in [-0.39, 0.29) is 5.91 Å². The zero-order valence-electron chi connectivity index (χ0n) is 11.9. The topological polar surface area (TPSA) is 43.3 Å². The molecule has 20 heavy (non-hydrogen) atoms. The number of benzene rings is 1. The van der Waals surface area contributed by atoms with Crippen molar-refractivity contribution in [3.8, 4) is 5.75 Å². The van der Waals surface area contributed by atoms with Gasteiger partial charge in [0.1, 0.15) is 5.75 Å². The van der Waals surface area contributed by atoms with E-state index >= 15 is 0 Å². The first-order valence-electron chi connectivity index (χ1n) is 6.68. The summed E-state index contributed by atoms with van der Waals surface area (Å²) in [4.78, 5) is 11.8. The SMILES string of the molecule is COc1cccc(CCC(=O)NCc2ccn(C)c2)c1. The fourth-order valence-electron chi connectivity index (χ4n) is 2.04. The van der Waals surface area contributed by atoms with E-state index in [2.05, 4.69) is 5.32 Å². The zero-order valence-corrected chi connectivity index (χ0v) is 11.9. The Labute approximate surface area is 119 Å². The number of methoxy groups -OCH3 is 1. The molecular weight excluding hydrogens is 252 g/mol. The third-order valence-electron chi connectivity index (χ3n) is 3.16. The van der Waals surface area contributed by atoms with Crippen molar-refractivity contribution in [2.24, 2.45) is 7.05 Å². The van der Waals surface area contributed by atoms with E-state index in [1.165, 1.54) is 0 Å². The Kier molecular flexibility index (Phi) is 4.82. The number of carbonyl (C=O) groups excluding carboxylic acids is 1. The lowest BCUT2D eigenvalue weighted by molar-refractivity contribution is -0.121. The number of rotatable bonds is 6. The summed E-state index contributed by atoms with van der Waals surface area (Å²) in [5.41, 5.74) is 2.22. The van der Waals surface area contributed by atoms with E-state index < -0.39 is 0 Å². The number of aryl methyl sites for hydroxylation is 2. The zero-order chi connectivity index (χ0) is 14.4. The predicted octanol–water partition coefficient (Wildman–Crippen LogP) is 2.28. The van der Waals surface area contributed by atoms with Crippen LogP contribution in [0.1, 0.15) is 17.5 Å². The smallest absolute Gasteiger partial charge is 0.220 e. The minimum Gasteiger partial charge on any atom is -0.497 e. The normalized spacial score (nSPS) is 10.3. The molecule has 0 aliphatic heterocycles. The van der Waals surface area contributed by atoms with Crippen LogP contribution >= 0.6 is 0 Å². The van der Waals surface area contributed by atoms with Gasteiger partial charge in [-0.1, -0.05) is 12.1 Å². The van der Waals surface area contributed by atoms with Crippen molar-refractivity contribution >= 4 is 5.91 Å². The molecule has 0 unspecified atom stereocenters. The second-order valence-electron chi connectivity index (χ2n) is 4.81. The highest BCUT2D eigenvalue weighted by Gasteiger charge is 2.03. The monoisotopic (exact) mass is 272 g/mol. The number of hydrogen-bond acceptors (Lipinski definition) is 2. The maximum absolute atomic E-state index is 11.8. The molecule has 0 atom stereocenters.